The number of anilines is 2. The molecule has 4 heterocycles. The van der Waals surface area contributed by atoms with E-state index in [0.29, 0.717) is 11.4 Å². The maximum Gasteiger partial charge on any atom is 0.332 e. The molecule has 1 aliphatic heterocycles. The van der Waals surface area contributed by atoms with Crippen LogP contribution in [0, 0.1) is 6.92 Å². The SMILES string of the molecule is Cc1nn(-c2ccccc2)c2c1C(c1cccs1)c1c(n(C)c(=O)n(C)c1=O)N2. The van der Waals surface area contributed by atoms with Crippen molar-refractivity contribution in [2.24, 2.45) is 14.1 Å². The van der Waals surface area contributed by atoms with Gasteiger partial charge in [-0.2, -0.15) is 5.10 Å². The van der Waals surface area contributed by atoms with E-state index in [0.717, 1.165) is 27.6 Å². The molecule has 1 aliphatic rings. The van der Waals surface area contributed by atoms with Crippen LogP contribution in [0.2, 0.25) is 0 Å². The van der Waals surface area contributed by atoms with Gasteiger partial charge in [0.2, 0.25) is 0 Å². The Morgan fingerprint density at radius 1 is 0.966 bits per heavy atom. The molecule has 0 radical (unpaired) electrons. The zero-order chi connectivity index (χ0) is 20.3. The second-order valence-corrected chi connectivity index (χ2v) is 8.12. The zero-order valence-electron chi connectivity index (χ0n) is 16.2. The third kappa shape index (κ3) is 2.45. The van der Waals surface area contributed by atoms with E-state index < -0.39 is 0 Å². The molecule has 1 aromatic carbocycles. The highest BCUT2D eigenvalue weighted by Crippen LogP contribution is 2.46. The smallest absolute Gasteiger partial charge is 0.325 e. The fourth-order valence-corrected chi connectivity index (χ4v) is 4.88. The minimum absolute atomic E-state index is 0.286. The highest BCUT2D eigenvalue weighted by molar-refractivity contribution is 7.10. The first-order valence-electron chi connectivity index (χ1n) is 9.24. The molecule has 146 valence electrons. The molecule has 0 aliphatic carbocycles. The molecule has 8 heteroatoms. The van der Waals surface area contributed by atoms with E-state index in [1.54, 1.807) is 18.4 Å². The number of aromatic nitrogens is 4. The third-order valence-electron chi connectivity index (χ3n) is 5.45. The summed E-state index contributed by atoms with van der Waals surface area (Å²) in [5, 5.41) is 10.1. The number of thiophene rings is 1. The molecular formula is C21H19N5O2S. The van der Waals surface area contributed by atoms with Gasteiger partial charge in [-0.05, 0) is 30.5 Å². The number of nitrogens with one attached hydrogen (secondary N) is 1. The van der Waals surface area contributed by atoms with E-state index in [2.05, 4.69) is 5.32 Å². The number of para-hydroxylation sites is 1. The van der Waals surface area contributed by atoms with Crippen molar-refractivity contribution >= 4 is 23.0 Å². The van der Waals surface area contributed by atoms with Gasteiger partial charge < -0.3 is 5.32 Å². The van der Waals surface area contributed by atoms with E-state index >= 15 is 0 Å². The number of nitrogens with zero attached hydrogens (tertiary/aromatic N) is 4. The topological polar surface area (TPSA) is 73.8 Å². The van der Waals surface area contributed by atoms with Gasteiger partial charge in [-0.3, -0.25) is 13.9 Å². The van der Waals surface area contributed by atoms with Crippen molar-refractivity contribution in [3.8, 4) is 5.69 Å². The molecule has 1 unspecified atom stereocenters. The van der Waals surface area contributed by atoms with Gasteiger partial charge in [-0.1, -0.05) is 24.3 Å². The van der Waals surface area contributed by atoms with Crippen LogP contribution >= 0.6 is 11.3 Å². The van der Waals surface area contributed by atoms with Gasteiger partial charge in [0.25, 0.3) is 5.56 Å². The molecule has 0 saturated carbocycles. The summed E-state index contributed by atoms with van der Waals surface area (Å²) in [6.07, 6.45) is 0. The summed E-state index contributed by atoms with van der Waals surface area (Å²) in [6.45, 7) is 1.96. The van der Waals surface area contributed by atoms with E-state index in [-0.39, 0.29) is 17.2 Å². The largest absolute Gasteiger partial charge is 0.332 e. The van der Waals surface area contributed by atoms with Crippen LogP contribution in [-0.4, -0.2) is 18.9 Å². The summed E-state index contributed by atoms with van der Waals surface area (Å²) in [5.41, 5.74) is 2.63. The van der Waals surface area contributed by atoms with Gasteiger partial charge in [0.1, 0.15) is 11.6 Å². The molecule has 7 nitrogen and oxygen atoms in total. The summed E-state index contributed by atoms with van der Waals surface area (Å²) in [5.74, 6) is 1.01. The number of fused-ring (bicyclic) bond motifs is 2. The van der Waals surface area contributed by atoms with Gasteiger partial charge in [-0.15, -0.1) is 11.3 Å². The van der Waals surface area contributed by atoms with Crippen molar-refractivity contribution in [1.29, 1.82) is 0 Å². The van der Waals surface area contributed by atoms with Gasteiger partial charge in [0.05, 0.1) is 22.9 Å². The normalized spacial score (nSPS) is 14.9. The number of benzene rings is 1. The molecule has 0 amide bonds. The number of hydrogen-bond acceptors (Lipinski definition) is 5. The van der Waals surface area contributed by atoms with Crippen molar-refractivity contribution < 1.29 is 0 Å². The predicted molar refractivity (Wildman–Crippen MR) is 114 cm³/mol. The quantitative estimate of drug-likeness (QED) is 0.490. The Bertz CT molecular complexity index is 1350. The molecule has 0 bridgehead atoms. The summed E-state index contributed by atoms with van der Waals surface area (Å²) >= 11 is 1.59. The molecule has 29 heavy (non-hydrogen) atoms. The van der Waals surface area contributed by atoms with Crippen molar-refractivity contribution in [1.82, 2.24) is 18.9 Å². The summed E-state index contributed by atoms with van der Waals surface area (Å²) in [7, 11) is 3.20. The number of rotatable bonds is 2. The minimum Gasteiger partial charge on any atom is -0.325 e. The number of aryl methyl sites for hydroxylation is 1. The lowest BCUT2D eigenvalue weighted by molar-refractivity contribution is 0.667. The van der Waals surface area contributed by atoms with E-state index in [1.807, 2.05) is 59.5 Å². The molecule has 0 spiro atoms. The van der Waals surface area contributed by atoms with Crippen molar-refractivity contribution in [3.63, 3.8) is 0 Å². The Morgan fingerprint density at radius 2 is 1.72 bits per heavy atom. The van der Waals surface area contributed by atoms with Crippen LogP contribution in [0.3, 0.4) is 0 Å². The van der Waals surface area contributed by atoms with Crippen molar-refractivity contribution in [2.45, 2.75) is 12.8 Å². The maximum atomic E-state index is 13.2. The van der Waals surface area contributed by atoms with Crippen LogP contribution in [-0.2, 0) is 14.1 Å². The first-order valence-corrected chi connectivity index (χ1v) is 10.1. The molecule has 0 saturated heterocycles. The number of hydrogen-bond donors (Lipinski definition) is 1. The summed E-state index contributed by atoms with van der Waals surface area (Å²) in [4.78, 5) is 26.8. The lowest BCUT2D eigenvalue weighted by atomic mass is 9.88. The van der Waals surface area contributed by atoms with Crippen LogP contribution in [0.1, 0.15) is 27.6 Å². The van der Waals surface area contributed by atoms with Crippen LogP contribution in [0.15, 0.2) is 57.4 Å². The van der Waals surface area contributed by atoms with Gasteiger partial charge in [0.15, 0.2) is 0 Å². The second-order valence-electron chi connectivity index (χ2n) is 7.14. The maximum absolute atomic E-state index is 13.2. The van der Waals surface area contributed by atoms with Crippen LogP contribution in [0.5, 0.6) is 0 Å². The lowest BCUT2D eigenvalue weighted by Gasteiger charge is -2.28. The van der Waals surface area contributed by atoms with Gasteiger partial charge in [-0.25, -0.2) is 9.48 Å². The minimum atomic E-state index is -0.364. The van der Waals surface area contributed by atoms with Gasteiger partial charge in [0, 0.05) is 24.5 Å². The first-order chi connectivity index (χ1) is 14.0. The lowest BCUT2D eigenvalue weighted by Crippen LogP contribution is -2.42. The Labute approximate surface area is 170 Å². The van der Waals surface area contributed by atoms with Crippen molar-refractivity contribution in [3.05, 3.63) is 90.4 Å². The van der Waals surface area contributed by atoms with Crippen LogP contribution < -0.4 is 16.6 Å². The zero-order valence-corrected chi connectivity index (χ0v) is 17.0. The van der Waals surface area contributed by atoms with E-state index in [4.69, 9.17) is 5.10 Å². The molecular weight excluding hydrogens is 386 g/mol. The molecule has 1 N–H and O–H groups in total. The van der Waals surface area contributed by atoms with E-state index in [9.17, 15) is 9.59 Å². The van der Waals surface area contributed by atoms with Gasteiger partial charge >= 0.3 is 5.69 Å². The average molecular weight is 405 g/mol. The fraction of sp³-hybridized carbons (Fsp3) is 0.190. The molecule has 3 aromatic heterocycles. The molecule has 1 atom stereocenters. The van der Waals surface area contributed by atoms with Crippen molar-refractivity contribution in [2.75, 3.05) is 5.32 Å². The Morgan fingerprint density at radius 3 is 2.41 bits per heavy atom. The third-order valence-corrected chi connectivity index (χ3v) is 6.39. The Kier molecular flexibility index (Phi) is 3.85. The molecule has 5 rings (SSSR count). The highest BCUT2D eigenvalue weighted by Gasteiger charge is 2.37. The predicted octanol–water partition coefficient (Wildman–Crippen LogP) is 2.88. The van der Waals surface area contributed by atoms with Crippen LogP contribution in [0.4, 0.5) is 11.6 Å². The average Bonchev–Trinajstić information content (AvgIpc) is 3.38. The highest BCUT2D eigenvalue weighted by atomic mass is 32.1. The standard InChI is InChI=1S/C21H19N5O2S/c1-12-15-16(14-10-7-11-29-14)17-18(24(2)21(28)25(3)20(17)27)22-19(15)26(23-12)13-8-5-4-6-9-13/h4-11,16,22H,1-3H3. The monoisotopic (exact) mass is 405 g/mol. The fourth-order valence-electron chi connectivity index (χ4n) is 4.04. The Balaban J connectivity index is 1.88. The Hall–Kier alpha value is -3.39. The summed E-state index contributed by atoms with van der Waals surface area (Å²) < 4.78 is 4.51. The molecule has 4 aromatic rings. The molecule has 0 fully saturated rings. The summed E-state index contributed by atoms with van der Waals surface area (Å²) in [6, 6.07) is 13.8. The van der Waals surface area contributed by atoms with Crippen LogP contribution in [0.25, 0.3) is 5.69 Å². The second kappa shape index (κ2) is 6.31. The first kappa shape index (κ1) is 17.7. The van der Waals surface area contributed by atoms with E-state index in [1.165, 1.54) is 16.2 Å².